The van der Waals surface area contributed by atoms with E-state index in [0.717, 1.165) is 37.4 Å². The lowest BCUT2D eigenvalue weighted by atomic mass is 9.69. The van der Waals surface area contributed by atoms with Crippen LogP contribution in [0.25, 0.3) is 0 Å². The Morgan fingerprint density at radius 1 is 1.33 bits per heavy atom. The minimum absolute atomic E-state index is 0.150. The zero-order chi connectivity index (χ0) is 14.0. The van der Waals surface area contributed by atoms with E-state index in [-0.39, 0.29) is 4.75 Å². The van der Waals surface area contributed by atoms with E-state index in [1.807, 2.05) is 0 Å². The van der Waals surface area contributed by atoms with Crippen molar-refractivity contribution < 1.29 is 9.90 Å². The van der Waals surface area contributed by atoms with Crippen molar-refractivity contribution in [1.29, 1.82) is 0 Å². The average Bonchev–Trinajstić information content (AvgIpc) is 2.25. The zero-order valence-corrected chi connectivity index (χ0v) is 13.3. The maximum absolute atomic E-state index is 11.7. The summed E-state index contributed by atoms with van der Waals surface area (Å²) < 4.78 is 0.150. The number of aliphatic carboxylic acids is 1. The number of carbonyl (C=O) groups is 1. The first-order valence-electron chi connectivity index (χ1n) is 7.04. The molecule has 1 saturated carbocycles. The Morgan fingerprint density at radius 2 is 1.83 bits per heavy atom. The van der Waals surface area contributed by atoms with E-state index in [1.54, 1.807) is 11.8 Å². The standard InChI is InChI=1S/C15H28O2S/c1-11(2)12-6-8-15(9-7-12,13(16)17)10-18-14(3,4)5/h11-12H,6-10H2,1-5H3,(H,16,17). The molecule has 0 heterocycles. The highest BCUT2D eigenvalue weighted by Gasteiger charge is 2.43. The van der Waals surface area contributed by atoms with Crippen LogP contribution in [-0.2, 0) is 4.79 Å². The number of carboxylic acid groups (broad SMARTS) is 1. The van der Waals surface area contributed by atoms with E-state index >= 15 is 0 Å². The van der Waals surface area contributed by atoms with Gasteiger partial charge in [0, 0.05) is 10.5 Å². The van der Waals surface area contributed by atoms with E-state index in [0.29, 0.717) is 5.92 Å². The molecule has 0 aromatic carbocycles. The van der Waals surface area contributed by atoms with Crippen LogP contribution in [-0.4, -0.2) is 21.6 Å². The highest BCUT2D eigenvalue weighted by Crippen LogP contribution is 2.45. The van der Waals surface area contributed by atoms with Crippen molar-refractivity contribution in [2.45, 2.75) is 65.0 Å². The molecule has 0 radical (unpaired) electrons. The summed E-state index contributed by atoms with van der Waals surface area (Å²) >= 11 is 1.80. The van der Waals surface area contributed by atoms with Crippen molar-refractivity contribution in [2.75, 3.05) is 5.75 Å². The van der Waals surface area contributed by atoms with Gasteiger partial charge in [-0.25, -0.2) is 0 Å². The highest BCUT2D eigenvalue weighted by atomic mass is 32.2. The van der Waals surface area contributed by atoms with Crippen LogP contribution in [0.1, 0.15) is 60.3 Å². The second kappa shape index (κ2) is 5.85. The van der Waals surface area contributed by atoms with Gasteiger partial charge in [-0.1, -0.05) is 34.6 Å². The summed E-state index contributed by atoms with van der Waals surface area (Å²) in [6.45, 7) is 11.0. The predicted molar refractivity (Wildman–Crippen MR) is 79.1 cm³/mol. The number of thioether (sulfide) groups is 1. The van der Waals surface area contributed by atoms with Crippen molar-refractivity contribution in [1.82, 2.24) is 0 Å². The molecule has 1 fully saturated rings. The minimum atomic E-state index is -0.582. The molecule has 0 saturated heterocycles. The fraction of sp³-hybridized carbons (Fsp3) is 0.933. The molecule has 1 aliphatic carbocycles. The summed E-state index contributed by atoms with van der Waals surface area (Å²) in [7, 11) is 0. The SMILES string of the molecule is CC(C)C1CCC(CSC(C)(C)C)(C(=O)O)CC1. The van der Waals surface area contributed by atoms with Gasteiger partial charge >= 0.3 is 5.97 Å². The predicted octanol–water partition coefficient (Wildman–Crippen LogP) is 4.44. The Kier molecular flexibility index (Phi) is 5.16. The maximum Gasteiger partial charge on any atom is 0.310 e. The van der Waals surface area contributed by atoms with Gasteiger partial charge in [-0.2, -0.15) is 11.8 Å². The first kappa shape index (κ1) is 15.9. The maximum atomic E-state index is 11.7. The largest absolute Gasteiger partial charge is 0.481 e. The third-order valence-corrected chi connectivity index (χ3v) is 5.73. The van der Waals surface area contributed by atoms with E-state index in [1.165, 1.54) is 0 Å². The Hall–Kier alpha value is -0.180. The lowest BCUT2D eigenvalue weighted by Crippen LogP contribution is -2.39. The highest BCUT2D eigenvalue weighted by molar-refractivity contribution is 8.00. The van der Waals surface area contributed by atoms with Crippen LogP contribution in [0.3, 0.4) is 0 Å². The quantitative estimate of drug-likeness (QED) is 0.822. The van der Waals surface area contributed by atoms with Gasteiger partial charge in [0.15, 0.2) is 0 Å². The molecule has 0 spiro atoms. The van der Waals surface area contributed by atoms with Gasteiger partial charge in [0.05, 0.1) is 5.41 Å². The summed E-state index contributed by atoms with van der Waals surface area (Å²) in [4.78, 5) is 11.7. The van der Waals surface area contributed by atoms with Crippen molar-refractivity contribution >= 4 is 17.7 Å². The molecule has 1 rings (SSSR count). The number of rotatable bonds is 4. The van der Waals surface area contributed by atoms with Crippen LogP contribution < -0.4 is 0 Å². The molecule has 1 N–H and O–H groups in total. The Bertz CT molecular complexity index is 283. The summed E-state index contributed by atoms with van der Waals surface area (Å²) in [6.07, 6.45) is 3.87. The third kappa shape index (κ3) is 4.18. The third-order valence-electron chi connectivity index (χ3n) is 4.17. The second-order valence-corrected chi connectivity index (χ2v) is 8.87. The zero-order valence-electron chi connectivity index (χ0n) is 12.5. The molecule has 18 heavy (non-hydrogen) atoms. The second-order valence-electron chi connectivity index (χ2n) is 7.07. The fourth-order valence-electron chi connectivity index (χ4n) is 2.63. The van der Waals surface area contributed by atoms with Crippen LogP contribution in [0.15, 0.2) is 0 Å². The lowest BCUT2D eigenvalue weighted by molar-refractivity contribution is -0.150. The van der Waals surface area contributed by atoms with Crippen LogP contribution in [0.4, 0.5) is 0 Å². The molecule has 0 bridgehead atoms. The fourth-order valence-corrected chi connectivity index (χ4v) is 3.76. The summed E-state index contributed by atoms with van der Waals surface area (Å²) in [5, 5.41) is 9.60. The van der Waals surface area contributed by atoms with Gasteiger partial charge in [0.25, 0.3) is 0 Å². The molecule has 0 unspecified atom stereocenters. The topological polar surface area (TPSA) is 37.3 Å². The molecule has 2 nitrogen and oxygen atoms in total. The van der Waals surface area contributed by atoms with Crippen molar-refractivity contribution in [3.05, 3.63) is 0 Å². The lowest BCUT2D eigenvalue weighted by Gasteiger charge is -2.39. The van der Waals surface area contributed by atoms with Crippen LogP contribution in [0, 0.1) is 17.3 Å². The average molecular weight is 272 g/mol. The molecule has 106 valence electrons. The Morgan fingerprint density at radius 3 is 2.17 bits per heavy atom. The molecular formula is C15H28O2S. The van der Waals surface area contributed by atoms with Gasteiger partial charge in [-0.3, -0.25) is 4.79 Å². The van der Waals surface area contributed by atoms with Crippen LogP contribution in [0.5, 0.6) is 0 Å². The van der Waals surface area contributed by atoms with E-state index < -0.39 is 11.4 Å². The first-order valence-corrected chi connectivity index (χ1v) is 8.02. The normalized spacial score (nSPS) is 29.6. The van der Waals surface area contributed by atoms with E-state index in [9.17, 15) is 9.90 Å². The molecule has 0 aromatic heterocycles. The smallest absolute Gasteiger partial charge is 0.310 e. The monoisotopic (exact) mass is 272 g/mol. The van der Waals surface area contributed by atoms with E-state index in [2.05, 4.69) is 34.6 Å². The molecule has 0 aromatic rings. The Labute approximate surface area is 116 Å². The van der Waals surface area contributed by atoms with Crippen LogP contribution >= 0.6 is 11.8 Å². The summed E-state index contributed by atoms with van der Waals surface area (Å²) in [6, 6.07) is 0. The Balaban J connectivity index is 2.65. The minimum Gasteiger partial charge on any atom is -0.481 e. The van der Waals surface area contributed by atoms with Gasteiger partial charge in [-0.15, -0.1) is 0 Å². The first-order chi connectivity index (χ1) is 8.16. The van der Waals surface area contributed by atoms with Gasteiger partial charge in [-0.05, 0) is 37.5 Å². The van der Waals surface area contributed by atoms with Gasteiger partial charge < -0.3 is 5.11 Å². The number of carboxylic acids is 1. The van der Waals surface area contributed by atoms with Gasteiger partial charge in [0.1, 0.15) is 0 Å². The van der Waals surface area contributed by atoms with Crippen LogP contribution in [0.2, 0.25) is 0 Å². The van der Waals surface area contributed by atoms with Gasteiger partial charge in [0.2, 0.25) is 0 Å². The van der Waals surface area contributed by atoms with Crippen molar-refractivity contribution in [3.63, 3.8) is 0 Å². The number of hydrogen-bond acceptors (Lipinski definition) is 2. The summed E-state index contributed by atoms with van der Waals surface area (Å²) in [5.41, 5.74) is -0.469. The molecule has 3 heteroatoms. The molecule has 0 aliphatic heterocycles. The molecule has 0 atom stereocenters. The molecule has 0 amide bonds. The molecule has 1 aliphatic rings. The van der Waals surface area contributed by atoms with Crippen molar-refractivity contribution in [3.8, 4) is 0 Å². The summed E-state index contributed by atoms with van der Waals surface area (Å²) in [5.74, 6) is 1.59. The molecular weight excluding hydrogens is 244 g/mol. The van der Waals surface area contributed by atoms with Crippen molar-refractivity contribution in [2.24, 2.45) is 17.3 Å². The number of hydrogen-bond donors (Lipinski definition) is 1. The van der Waals surface area contributed by atoms with E-state index in [4.69, 9.17) is 0 Å².